The summed E-state index contributed by atoms with van der Waals surface area (Å²) in [7, 11) is 0. The smallest absolute Gasteiger partial charge is 0.227 e. The van der Waals surface area contributed by atoms with Gasteiger partial charge in [-0.2, -0.15) is 0 Å². The van der Waals surface area contributed by atoms with Gasteiger partial charge in [0.25, 0.3) is 0 Å². The maximum absolute atomic E-state index is 12.4. The molecule has 7 heteroatoms. The van der Waals surface area contributed by atoms with Gasteiger partial charge in [-0.3, -0.25) is 14.6 Å². The fraction of sp³-hybridized carbons (Fsp3) is 0.545. The van der Waals surface area contributed by atoms with E-state index in [9.17, 15) is 9.59 Å². The van der Waals surface area contributed by atoms with E-state index in [0.717, 1.165) is 48.6 Å². The van der Waals surface area contributed by atoms with E-state index in [1.165, 1.54) is 30.6 Å². The van der Waals surface area contributed by atoms with Crippen LogP contribution >= 0.6 is 11.3 Å². The molecule has 0 radical (unpaired) electrons. The van der Waals surface area contributed by atoms with Gasteiger partial charge in [0.05, 0.1) is 34.0 Å². The molecule has 2 aliphatic rings. The van der Waals surface area contributed by atoms with Crippen molar-refractivity contribution in [3.05, 3.63) is 17.1 Å². The summed E-state index contributed by atoms with van der Waals surface area (Å²) in [4.78, 5) is 34.3. The predicted molar refractivity (Wildman–Crippen MR) is 121 cm³/mol. The first-order valence-electron chi connectivity index (χ1n) is 10.7. The van der Waals surface area contributed by atoms with E-state index in [1.54, 1.807) is 18.6 Å². The predicted octanol–water partition coefficient (Wildman–Crippen LogP) is 5.65. The number of hydrogen-bond donors (Lipinski definition) is 2. The number of carbonyl (C=O) groups excluding carboxylic acids is 2. The molecule has 6 nitrogen and oxygen atoms in total. The van der Waals surface area contributed by atoms with Crippen LogP contribution < -0.4 is 10.6 Å². The van der Waals surface area contributed by atoms with Gasteiger partial charge in [0.2, 0.25) is 5.91 Å². The molecular weight excluding hydrogens is 384 g/mol. The lowest BCUT2D eigenvalue weighted by molar-refractivity contribution is -0.122. The van der Waals surface area contributed by atoms with Crippen LogP contribution in [-0.4, -0.2) is 29.6 Å². The van der Waals surface area contributed by atoms with Crippen LogP contribution in [0.25, 0.3) is 10.2 Å². The monoisotopic (exact) mass is 414 g/mol. The van der Waals surface area contributed by atoms with Gasteiger partial charge >= 0.3 is 0 Å². The Hall–Kier alpha value is -2.28. The van der Waals surface area contributed by atoms with E-state index in [4.69, 9.17) is 0 Å². The second kappa shape index (κ2) is 10.5. The van der Waals surface area contributed by atoms with Crippen molar-refractivity contribution < 1.29 is 9.59 Å². The fourth-order valence-corrected chi connectivity index (χ4v) is 4.66. The Kier molecular flexibility index (Phi) is 7.75. The SMILES string of the molecule is CC.O=Cc1sc2nccc(NC(=O)C3CCC3)c2c1NC=NC1CCCCC1. The Bertz CT molecular complexity index is 867. The van der Waals surface area contributed by atoms with E-state index in [2.05, 4.69) is 20.6 Å². The lowest BCUT2D eigenvalue weighted by Crippen LogP contribution is -2.28. The molecule has 4 rings (SSSR count). The standard InChI is InChI=1S/C20H24N4O2S.C2H6/c25-11-16-18(23-12-22-14-7-2-1-3-8-14)17-15(9-10-21-20(17)27-16)24-19(26)13-5-4-6-13;1-2/h9-14H,1-8H2,(H,22,23)(H,21,24,26);1-2H3. The summed E-state index contributed by atoms with van der Waals surface area (Å²) >= 11 is 1.32. The molecule has 29 heavy (non-hydrogen) atoms. The highest BCUT2D eigenvalue weighted by Crippen LogP contribution is 2.38. The van der Waals surface area contributed by atoms with Gasteiger partial charge in [0.15, 0.2) is 6.29 Å². The third-order valence-corrected chi connectivity index (χ3v) is 6.55. The average molecular weight is 415 g/mol. The molecule has 2 aromatic rings. The number of carbonyl (C=O) groups is 2. The molecule has 156 valence electrons. The second-order valence-corrected chi connectivity index (χ2v) is 8.36. The molecule has 0 spiro atoms. The van der Waals surface area contributed by atoms with Gasteiger partial charge in [0.1, 0.15) is 4.83 Å². The minimum Gasteiger partial charge on any atom is -0.345 e. The minimum atomic E-state index is 0.0504. The van der Waals surface area contributed by atoms with Gasteiger partial charge < -0.3 is 10.6 Å². The van der Waals surface area contributed by atoms with Crippen LogP contribution in [0.2, 0.25) is 0 Å². The van der Waals surface area contributed by atoms with Crippen LogP contribution in [0.1, 0.15) is 74.9 Å². The number of aliphatic imine (C=N–C) groups is 1. The number of nitrogens with one attached hydrogen (secondary N) is 2. The minimum absolute atomic E-state index is 0.0504. The van der Waals surface area contributed by atoms with E-state index >= 15 is 0 Å². The van der Waals surface area contributed by atoms with Crippen molar-refractivity contribution >= 4 is 51.5 Å². The molecule has 2 fully saturated rings. The highest BCUT2D eigenvalue weighted by atomic mass is 32.1. The Morgan fingerprint density at radius 2 is 1.93 bits per heavy atom. The Labute approximate surface area is 176 Å². The number of rotatable bonds is 6. The van der Waals surface area contributed by atoms with Crippen LogP contribution in [0, 0.1) is 5.92 Å². The molecule has 2 aliphatic carbocycles. The molecule has 0 saturated heterocycles. The zero-order valence-corrected chi connectivity index (χ0v) is 18.1. The lowest BCUT2D eigenvalue weighted by Gasteiger charge is -2.24. The zero-order chi connectivity index (χ0) is 20.6. The van der Waals surface area contributed by atoms with Gasteiger partial charge in [0, 0.05) is 12.1 Å². The number of aldehydes is 1. The Morgan fingerprint density at radius 1 is 1.17 bits per heavy atom. The molecular formula is C22H30N4O2S. The lowest BCUT2D eigenvalue weighted by atomic mass is 9.85. The number of fused-ring (bicyclic) bond motifs is 1. The van der Waals surface area contributed by atoms with Crippen molar-refractivity contribution in [1.29, 1.82) is 0 Å². The Balaban J connectivity index is 0.00000117. The zero-order valence-electron chi connectivity index (χ0n) is 17.2. The summed E-state index contributed by atoms with van der Waals surface area (Å²) < 4.78 is 0. The van der Waals surface area contributed by atoms with Gasteiger partial charge in [-0.25, -0.2) is 4.98 Å². The number of nitrogens with zero attached hydrogens (tertiary/aromatic N) is 2. The van der Waals surface area contributed by atoms with Crippen LogP contribution in [0.5, 0.6) is 0 Å². The highest BCUT2D eigenvalue weighted by Gasteiger charge is 2.26. The highest BCUT2D eigenvalue weighted by molar-refractivity contribution is 7.21. The number of aromatic nitrogens is 1. The molecule has 2 aromatic heterocycles. The largest absolute Gasteiger partial charge is 0.345 e. The Morgan fingerprint density at radius 3 is 2.59 bits per heavy atom. The van der Waals surface area contributed by atoms with Crippen LogP contribution in [-0.2, 0) is 4.79 Å². The normalized spacial score (nSPS) is 17.4. The summed E-state index contributed by atoms with van der Waals surface area (Å²) in [5, 5.41) is 7.02. The molecule has 2 N–H and O–H groups in total. The summed E-state index contributed by atoms with van der Waals surface area (Å²) in [5.41, 5.74) is 1.39. The maximum Gasteiger partial charge on any atom is 0.227 e. The average Bonchev–Trinajstić information content (AvgIpc) is 3.08. The van der Waals surface area contributed by atoms with Gasteiger partial charge in [-0.1, -0.05) is 39.5 Å². The van der Waals surface area contributed by atoms with E-state index in [0.29, 0.717) is 22.3 Å². The summed E-state index contributed by atoms with van der Waals surface area (Å²) in [6.45, 7) is 4.00. The molecule has 0 aliphatic heterocycles. The molecule has 2 heterocycles. The first-order chi connectivity index (χ1) is 14.3. The van der Waals surface area contributed by atoms with E-state index in [-0.39, 0.29) is 11.8 Å². The van der Waals surface area contributed by atoms with Crippen molar-refractivity contribution in [2.24, 2.45) is 10.9 Å². The van der Waals surface area contributed by atoms with E-state index in [1.807, 2.05) is 13.8 Å². The first kappa shape index (κ1) is 21.4. The van der Waals surface area contributed by atoms with E-state index < -0.39 is 0 Å². The van der Waals surface area contributed by atoms with Gasteiger partial charge in [-0.15, -0.1) is 11.3 Å². The van der Waals surface area contributed by atoms with Crippen LogP contribution in [0.4, 0.5) is 11.4 Å². The van der Waals surface area contributed by atoms with Gasteiger partial charge in [-0.05, 0) is 31.7 Å². The number of amides is 1. The molecule has 2 saturated carbocycles. The number of hydrogen-bond acceptors (Lipinski definition) is 5. The molecule has 0 aromatic carbocycles. The molecule has 1 amide bonds. The summed E-state index contributed by atoms with van der Waals surface area (Å²) in [6, 6.07) is 2.15. The van der Waals surface area contributed by atoms with Crippen molar-refractivity contribution in [3.8, 4) is 0 Å². The molecule has 0 unspecified atom stereocenters. The quantitative estimate of drug-likeness (QED) is 0.364. The summed E-state index contributed by atoms with van der Waals surface area (Å²) in [6.07, 6.45) is 13.2. The topological polar surface area (TPSA) is 83.5 Å². The van der Waals surface area contributed by atoms with Crippen LogP contribution in [0.3, 0.4) is 0 Å². The first-order valence-corrected chi connectivity index (χ1v) is 11.5. The molecule has 0 bridgehead atoms. The number of pyridine rings is 1. The third-order valence-electron chi connectivity index (χ3n) is 5.53. The van der Waals surface area contributed by atoms with Crippen molar-refractivity contribution in [3.63, 3.8) is 0 Å². The van der Waals surface area contributed by atoms with Crippen molar-refractivity contribution in [1.82, 2.24) is 4.98 Å². The second-order valence-electron chi connectivity index (χ2n) is 7.33. The third kappa shape index (κ3) is 5.01. The number of anilines is 2. The maximum atomic E-state index is 12.4. The van der Waals surface area contributed by atoms with Crippen LogP contribution in [0.15, 0.2) is 17.3 Å². The molecule has 0 atom stereocenters. The fourth-order valence-electron chi connectivity index (χ4n) is 3.71. The summed E-state index contributed by atoms with van der Waals surface area (Å²) in [5.74, 6) is 0.149. The van der Waals surface area contributed by atoms with Crippen molar-refractivity contribution in [2.45, 2.75) is 71.3 Å². The van der Waals surface area contributed by atoms with Crippen molar-refractivity contribution in [2.75, 3.05) is 10.6 Å². The number of thiophene rings is 1.